The molecular weight excluding hydrogens is 462 g/mol. The number of carbonyl (C=O) groups is 2. The van der Waals surface area contributed by atoms with Gasteiger partial charge in [0.25, 0.3) is 5.91 Å². The fourth-order valence-electron chi connectivity index (χ4n) is 3.92. The Bertz CT molecular complexity index is 1310. The molecule has 0 aromatic carbocycles. The highest BCUT2D eigenvalue weighted by atomic mass is 32.2. The summed E-state index contributed by atoms with van der Waals surface area (Å²) in [5, 5.41) is 17.7. The van der Waals surface area contributed by atoms with Crippen molar-refractivity contribution in [3.63, 3.8) is 0 Å². The Labute approximate surface area is 196 Å². The molecule has 182 valence electrons. The van der Waals surface area contributed by atoms with E-state index in [4.69, 9.17) is 0 Å². The zero-order valence-electron chi connectivity index (χ0n) is 19.2. The molecule has 1 fully saturated rings. The second kappa shape index (κ2) is 9.38. The van der Waals surface area contributed by atoms with Crippen LogP contribution in [-0.2, 0) is 42.5 Å². The first-order valence-electron chi connectivity index (χ1n) is 10.7. The van der Waals surface area contributed by atoms with Crippen LogP contribution in [0.15, 0.2) is 35.9 Å². The molecule has 3 aromatic rings. The lowest BCUT2D eigenvalue weighted by Gasteiger charge is -2.30. The third-order valence-corrected chi connectivity index (χ3v) is 7.52. The molecule has 2 N–H and O–H groups in total. The van der Waals surface area contributed by atoms with E-state index < -0.39 is 21.8 Å². The number of piperidine rings is 1. The number of rotatable bonds is 7. The molecule has 1 atom stereocenters. The van der Waals surface area contributed by atoms with E-state index >= 15 is 0 Å². The first-order chi connectivity index (χ1) is 16.1. The van der Waals surface area contributed by atoms with E-state index in [0.717, 1.165) is 5.56 Å². The lowest BCUT2D eigenvalue weighted by Crippen LogP contribution is -2.43. The topological polar surface area (TPSA) is 149 Å². The molecule has 0 spiro atoms. The number of nitrogens with zero attached hydrogens (tertiary/aromatic N) is 7. The average Bonchev–Trinajstić information content (AvgIpc) is 3.52. The van der Waals surface area contributed by atoms with Gasteiger partial charge in [-0.05, 0) is 12.8 Å². The lowest BCUT2D eigenvalue weighted by atomic mass is 9.98. The summed E-state index contributed by atoms with van der Waals surface area (Å²) in [6, 6.07) is 0. The maximum Gasteiger partial charge on any atom is 0.271 e. The van der Waals surface area contributed by atoms with Gasteiger partial charge in [0.2, 0.25) is 15.9 Å². The Balaban J connectivity index is 1.43. The fraction of sp³-hybridized carbons (Fsp3) is 0.450. The molecule has 0 saturated carbocycles. The first kappa shape index (κ1) is 23.6. The Kier molecular flexibility index (Phi) is 6.52. The summed E-state index contributed by atoms with van der Waals surface area (Å²) in [4.78, 5) is 25.9. The molecule has 1 saturated heterocycles. The van der Waals surface area contributed by atoms with Crippen molar-refractivity contribution >= 4 is 27.5 Å². The van der Waals surface area contributed by atoms with Crippen molar-refractivity contribution in [2.45, 2.75) is 24.3 Å². The molecule has 34 heavy (non-hydrogen) atoms. The Morgan fingerprint density at radius 1 is 1.06 bits per heavy atom. The van der Waals surface area contributed by atoms with Gasteiger partial charge in [-0.25, -0.2) is 8.42 Å². The van der Waals surface area contributed by atoms with E-state index in [1.165, 1.54) is 32.3 Å². The molecule has 0 unspecified atom stereocenters. The van der Waals surface area contributed by atoms with Crippen molar-refractivity contribution < 1.29 is 18.0 Å². The number of hydrogen-bond donors (Lipinski definition) is 2. The van der Waals surface area contributed by atoms with Crippen LogP contribution in [0.4, 0.5) is 5.69 Å². The molecule has 0 aliphatic carbocycles. The maximum atomic E-state index is 13.0. The largest absolute Gasteiger partial charge is 0.346 e. The Morgan fingerprint density at radius 2 is 1.79 bits per heavy atom. The predicted molar refractivity (Wildman–Crippen MR) is 121 cm³/mol. The number of aryl methyl sites for hydroxylation is 3. The highest BCUT2D eigenvalue weighted by Gasteiger charge is 2.34. The minimum absolute atomic E-state index is 0.0475. The molecule has 14 heteroatoms. The Hall–Kier alpha value is -3.52. The molecule has 4 heterocycles. The smallest absolute Gasteiger partial charge is 0.271 e. The Morgan fingerprint density at radius 3 is 2.47 bits per heavy atom. The minimum atomic E-state index is -3.75. The highest BCUT2D eigenvalue weighted by molar-refractivity contribution is 7.89. The van der Waals surface area contributed by atoms with Gasteiger partial charge in [-0.15, -0.1) is 0 Å². The van der Waals surface area contributed by atoms with E-state index in [1.54, 1.807) is 38.2 Å². The van der Waals surface area contributed by atoms with E-state index in [1.807, 2.05) is 0 Å². The summed E-state index contributed by atoms with van der Waals surface area (Å²) in [5.41, 5.74) is 1.30. The molecule has 4 rings (SSSR count). The quantitative estimate of drug-likeness (QED) is 0.469. The number of hydrogen-bond acceptors (Lipinski definition) is 7. The number of sulfonamides is 1. The van der Waals surface area contributed by atoms with Crippen LogP contribution in [0.1, 0.15) is 28.9 Å². The second-order valence-corrected chi connectivity index (χ2v) is 10.2. The average molecular weight is 490 g/mol. The molecule has 0 bridgehead atoms. The van der Waals surface area contributed by atoms with Crippen molar-refractivity contribution in [3.8, 4) is 0 Å². The van der Waals surface area contributed by atoms with Crippen LogP contribution in [0.3, 0.4) is 0 Å². The summed E-state index contributed by atoms with van der Waals surface area (Å²) in [6.45, 7) is 0.650. The standard InChI is InChI=1S/C20H27N9O4S/c1-26-11-14(8-22-26)7-21-20(31)18-17(10-24-28(18)3)25-19(30)15-5-4-6-29(12-15)34(32,33)16-9-23-27(2)13-16/h8-11,13,15H,4-7,12H2,1-3H3,(H,21,31)(H,25,30)/t15-/m0/s1. The van der Waals surface area contributed by atoms with E-state index in [2.05, 4.69) is 25.9 Å². The van der Waals surface area contributed by atoms with Gasteiger partial charge in [0.1, 0.15) is 10.6 Å². The van der Waals surface area contributed by atoms with Crippen molar-refractivity contribution in [2.75, 3.05) is 18.4 Å². The molecule has 0 radical (unpaired) electrons. The molecule has 3 aromatic heterocycles. The van der Waals surface area contributed by atoms with Crippen LogP contribution >= 0.6 is 0 Å². The zero-order valence-corrected chi connectivity index (χ0v) is 20.0. The van der Waals surface area contributed by atoms with Crippen molar-refractivity contribution in [2.24, 2.45) is 27.1 Å². The number of nitrogens with one attached hydrogen (secondary N) is 2. The number of amides is 2. The molecule has 13 nitrogen and oxygen atoms in total. The zero-order chi connectivity index (χ0) is 24.5. The summed E-state index contributed by atoms with van der Waals surface area (Å²) in [7, 11) is 1.29. The van der Waals surface area contributed by atoms with Crippen molar-refractivity contribution in [1.82, 2.24) is 39.0 Å². The third-order valence-electron chi connectivity index (χ3n) is 5.70. The molecular formula is C20H27N9O4S. The van der Waals surface area contributed by atoms with Crippen molar-refractivity contribution in [1.29, 1.82) is 0 Å². The SMILES string of the molecule is Cn1cc(CNC(=O)c2c(NC(=O)[C@H]3CCCN(S(=O)(=O)c4cnn(C)c4)C3)cnn2C)cn1. The van der Waals surface area contributed by atoms with Crippen LogP contribution in [0.2, 0.25) is 0 Å². The number of anilines is 1. The van der Waals surface area contributed by atoms with E-state index in [0.29, 0.717) is 19.4 Å². The first-order valence-corrected chi connectivity index (χ1v) is 12.2. The van der Waals surface area contributed by atoms with Gasteiger partial charge in [-0.1, -0.05) is 0 Å². The summed E-state index contributed by atoms with van der Waals surface area (Å²) >= 11 is 0. The van der Waals surface area contributed by atoms with Gasteiger partial charge < -0.3 is 10.6 Å². The van der Waals surface area contributed by atoms with Crippen LogP contribution in [-0.4, -0.2) is 67.0 Å². The summed E-state index contributed by atoms with van der Waals surface area (Å²) < 4.78 is 31.6. The molecule has 1 aliphatic rings. The summed E-state index contributed by atoms with van der Waals surface area (Å²) in [5.74, 6) is -1.32. The fourth-order valence-corrected chi connectivity index (χ4v) is 5.43. The second-order valence-electron chi connectivity index (χ2n) is 8.28. The number of carbonyl (C=O) groups excluding carboxylic acids is 2. The van der Waals surface area contributed by atoms with E-state index in [-0.39, 0.29) is 35.3 Å². The van der Waals surface area contributed by atoms with Crippen molar-refractivity contribution in [3.05, 3.63) is 42.2 Å². The van der Waals surface area contributed by atoms with Gasteiger partial charge in [-0.3, -0.25) is 23.6 Å². The predicted octanol–water partition coefficient (Wildman–Crippen LogP) is -0.143. The minimum Gasteiger partial charge on any atom is -0.346 e. The van der Waals surface area contributed by atoms with Gasteiger partial charge in [-0.2, -0.15) is 19.6 Å². The normalized spacial score (nSPS) is 17.0. The van der Waals surface area contributed by atoms with Crippen LogP contribution in [0, 0.1) is 5.92 Å². The molecule has 2 amide bonds. The van der Waals surface area contributed by atoms with Gasteiger partial charge in [0.05, 0.1) is 30.2 Å². The van der Waals surface area contributed by atoms with Crippen LogP contribution < -0.4 is 10.6 Å². The monoisotopic (exact) mass is 489 g/mol. The van der Waals surface area contributed by atoms with Gasteiger partial charge >= 0.3 is 0 Å². The third kappa shape index (κ3) is 4.87. The highest BCUT2D eigenvalue weighted by Crippen LogP contribution is 2.25. The lowest BCUT2D eigenvalue weighted by molar-refractivity contribution is -0.120. The van der Waals surface area contributed by atoms with Crippen LogP contribution in [0.25, 0.3) is 0 Å². The molecule has 1 aliphatic heterocycles. The van der Waals surface area contributed by atoms with E-state index in [9.17, 15) is 18.0 Å². The van der Waals surface area contributed by atoms with Gasteiger partial charge in [0.15, 0.2) is 0 Å². The summed E-state index contributed by atoms with van der Waals surface area (Å²) in [6.07, 6.45) is 8.66. The number of aromatic nitrogens is 6. The van der Waals surface area contributed by atoms with Gasteiger partial charge in [0, 0.05) is 58.7 Å². The maximum absolute atomic E-state index is 13.0. The van der Waals surface area contributed by atoms with Crippen LogP contribution in [0.5, 0.6) is 0 Å².